The van der Waals surface area contributed by atoms with Gasteiger partial charge in [0.05, 0.1) is 16.1 Å². The molecule has 11 heteroatoms. The molecule has 39 heavy (non-hydrogen) atoms. The maximum Gasteiger partial charge on any atom is 0.410 e. The third-order valence-electron chi connectivity index (χ3n) is 5.69. The topological polar surface area (TPSA) is 97.0 Å². The molecule has 1 aliphatic heterocycles. The number of amides is 2. The van der Waals surface area contributed by atoms with E-state index in [0.29, 0.717) is 41.7 Å². The Labute approximate surface area is 243 Å². The number of rotatable bonds is 9. The van der Waals surface area contributed by atoms with E-state index in [9.17, 15) is 14.4 Å². The number of benzene rings is 2. The van der Waals surface area contributed by atoms with Gasteiger partial charge in [-0.15, -0.1) is 0 Å². The third kappa shape index (κ3) is 9.67. The first-order valence-electron chi connectivity index (χ1n) is 12.4. The van der Waals surface area contributed by atoms with Crippen LogP contribution in [0.3, 0.4) is 0 Å². The summed E-state index contributed by atoms with van der Waals surface area (Å²) in [5.74, 6) is -0.242. The van der Waals surface area contributed by atoms with E-state index in [-0.39, 0.29) is 29.1 Å². The third-order valence-corrected chi connectivity index (χ3v) is 7.38. The molecule has 1 fully saturated rings. The summed E-state index contributed by atoms with van der Waals surface area (Å²) in [6.07, 6.45) is 1.61. The zero-order valence-electron chi connectivity index (χ0n) is 22.2. The van der Waals surface area contributed by atoms with Crippen LogP contribution in [0.5, 0.6) is 0 Å². The van der Waals surface area contributed by atoms with Crippen molar-refractivity contribution < 1.29 is 23.9 Å². The highest BCUT2D eigenvalue weighted by Crippen LogP contribution is 2.31. The van der Waals surface area contributed by atoms with Crippen molar-refractivity contribution >= 4 is 58.0 Å². The lowest BCUT2D eigenvalue weighted by Gasteiger charge is -2.24. The first-order valence-corrected chi connectivity index (χ1v) is 14.1. The summed E-state index contributed by atoms with van der Waals surface area (Å²) in [6.45, 7) is 10.2. The van der Waals surface area contributed by atoms with Gasteiger partial charge in [0.15, 0.2) is 0 Å². The van der Waals surface area contributed by atoms with Crippen molar-refractivity contribution in [2.75, 3.05) is 25.0 Å². The molecule has 2 unspecified atom stereocenters. The molecule has 2 aromatic carbocycles. The molecule has 2 amide bonds. The van der Waals surface area contributed by atoms with Crippen LogP contribution in [0.25, 0.3) is 0 Å². The number of nitrogens with one attached hydrogen (secondary N) is 2. The maximum absolute atomic E-state index is 12.7. The summed E-state index contributed by atoms with van der Waals surface area (Å²) in [7, 11) is 0. The second-order valence-corrected chi connectivity index (χ2v) is 12.1. The van der Waals surface area contributed by atoms with Gasteiger partial charge in [-0.1, -0.05) is 48.0 Å². The van der Waals surface area contributed by atoms with E-state index in [1.165, 1.54) is 6.08 Å². The van der Waals surface area contributed by atoms with E-state index in [4.69, 9.17) is 32.7 Å². The first-order chi connectivity index (χ1) is 18.4. The average molecular weight is 595 g/mol. The fraction of sp³-hybridized carbons (Fsp3) is 0.393. The lowest BCUT2D eigenvalue weighted by molar-refractivity contribution is 0.0736. The molecule has 2 N–H and O–H groups in total. The number of hydrogen-bond acceptors (Lipinski definition) is 7. The Morgan fingerprint density at radius 3 is 2.62 bits per heavy atom. The summed E-state index contributed by atoms with van der Waals surface area (Å²) in [5.41, 5.74) is 1.44. The predicted octanol–water partition coefficient (Wildman–Crippen LogP) is 6.77. The molecular formula is C28H33Cl2N3O5S. The maximum atomic E-state index is 12.7. The number of carbonyl (C=O) groups is 3. The van der Waals surface area contributed by atoms with Gasteiger partial charge >= 0.3 is 11.4 Å². The van der Waals surface area contributed by atoms with Crippen LogP contribution in [0.2, 0.25) is 10.0 Å². The Balaban J connectivity index is 1.61. The van der Waals surface area contributed by atoms with Crippen molar-refractivity contribution in [1.29, 1.82) is 0 Å². The number of likely N-dealkylation sites (tertiary alicyclic amines) is 1. The molecule has 8 nitrogen and oxygen atoms in total. The van der Waals surface area contributed by atoms with Crippen molar-refractivity contribution in [3.8, 4) is 0 Å². The fourth-order valence-corrected chi connectivity index (χ4v) is 5.38. The Morgan fingerprint density at radius 1 is 1.15 bits per heavy atom. The van der Waals surface area contributed by atoms with Gasteiger partial charge in [0, 0.05) is 36.1 Å². The van der Waals surface area contributed by atoms with E-state index >= 15 is 0 Å². The van der Waals surface area contributed by atoms with E-state index in [1.807, 2.05) is 26.8 Å². The Bertz CT molecular complexity index is 1200. The van der Waals surface area contributed by atoms with Gasteiger partial charge in [0.25, 0.3) is 5.91 Å². The van der Waals surface area contributed by atoms with Crippen LogP contribution in [0.1, 0.15) is 43.1 Å². The van der Waals surface area contributed by atoms with Gasteiger partial charge in [-0.2, -0.15) is 0 Å². The van der Waals surface area contributed by atoms with Gasteiger partial charge in [-0.25, -0.2) is 9.59 Å². The summed E-state index contributed by atoms with van der Waals surface area (Å²) >= 11 is 13.1. The van der Waals surface area contributed by atoms with Crippen LogP contribution < -0.4 is 10.6 Å². The molecule has 2 aromatic rings. The molecule has 2 atom stereocenters. The highest BCUT2D eigenvalue weighted by molar-refractivity contribution is 8.13. The molecule has 210 valence electrons. The summed E-state index contributed by atoms with van der Waals surface area (Å²) < 4.78 is 10.7. The van der Waals surface area contributed by atoms with Crippen molar-refractivity contribution in [2.45, 2.75) is 50.6 Å². The number of nitrogens with zero attached hydrogens (tertiary/aromatic N) is 1. The minimum Gasteiger partial charge on any atom is -0.452 e. The van der Waals surface area contributed by atoms with Gasteiger partial charge in [-0.3, -0.25) is 4.79 Å². The number of halogens is 2. The zero-order valence-corrected chi connectivity index (χ0v) is 24.5. The summed E-state index contributed by atoms with van der Waals surface area (Å²) in [4.78, 5) is 39.4. The lowest BCUT2D eigenvalue weighted by Crippen LogP contribution is -2.40. The standard InChI is InChI=1S/C28H33Cl2N3O5S/c1-5-11-37-26(35)33-17-22(39-27(36)38-28(2,3)4)14-21(33)16-31-20-8-6-7-19(13-20)25(34)32-15-18-9-10-23(29)24(30)12-18/h5-10,12-13,21-22,31H,1,11,14-17H2,2-4H3,(H,32,34). The number of carbonyl (C=O) groups excluding carboxylic acids is 3. The van der Waals surface area contributed by atoms with Crippen molar-refractivity contribution in [3.05, 3.63) is 76.3 Å². The Kier molecular flexibility index (Phi) is 11.0. The summed E-state index contributed by atoms with van der Waals surface area (Å²) in [6, 6.07) is 12.1. The zero-order chi connectivity index (χ0) is 28.6. The second kappa shape index (κ2) is 14.0. The van der Waals surface area contributed by atoms with Gasteiger partial charge in [-0.05, 0) is 74.8 Å². The van der Waals surface area contributed by atoms with E-state index in [1.54, 1.807) is 41.3 Å². The summed E-state index contributed by atoms with van der Waals surface area (Å²) in [5, 5.41) is 6.56. The van der Waals surface area contributed by atoms with Crippen LogP contribution in [0.4, 0.5) is 15.3 Å². The smallest absolute Gasteiger partial charge is 0.410 e. The quantitative estimate of drug-likeness (QED) is 0.244. The highest BCUT2D eigenvalue weighted by Gasteiger charge is 2.38. The van der Waals surface area contributed by atoms with Gasteiger partial charge in [0.1, 0.15) is 12.2 Å². The number of ether oxygens (including phenoxy) is 2. The van der Waals surface area contributed by atoms with Gasteiger partial charge in [0.2, 0.25) is 0 Å². The molecule has 0 aliphatic carbocycles. The minimum absolute atomic E-state index is 0.0960. The molecule has 3 rings (SSSR count). The van der Waals surface area contributed by atoms with Crippen LogP contribution in [-0.2, 0) is 16.0 Å². The minimum atomic E-state index is -0.592. The number of hydrogen-bond donors (Lipinski definition) is 2. The Hall–Kier alpha value is -2.88. The van der Waals surface area contributed by atoms with E-state index < -0.39 is 11.7 Å². The molecule has 1 aliphatic rings. The normalized spacial score (nSPS) is 16.9. The predicted molar refractivity (Wildman–Crippen MR) is 157 cm³/mol. The molecule has 0 aromatic heterocycles. The molecule has 0 radical (unpaired) electrons. The van der Waals surface area contributed by atoms with Crippen LogP contribution in [-0.4, -0.2) is 58.8 Å². The van der Waals surface area contributed by atoms with Crippen LogP contribution in [0.15, 0.2) is 55.1 Å². The van der Waals surface area contributed by atoms with Crippen molar-refractivity contribution in [1.82, 2.24) is 10.2 Å². The second-order valence-electron chi connectivity index (χ2n) is 10.0. The fourth-order valence-electron chi connectivity index (χ4n) is 3.94. The monoisotopic (exact) mass is 593 g/mol. The van der Waals surface area contributed by atoms with Crippen molar-refractivity contribution in [3.63, 3.8) is 0 Å². The molecule has 1 heterocycles. The van der Waals surface area contributed by atoms with Crippen LogP contribution in [0, 0.1) is 0 Å². The van der Waals surface area contributed by atoms with Gasteiger partial charge < -0.3 is 25.0 Å². The molecular weight excluding hydrogens is 561 g/mol. The largest absolute Gasteiger partial charge is 0.452 e. The SMILES string of the molecule is C=CCOC(=O)N1CC(SC(=O)OC(C)(C)C)CC1CNc1cccc(C(=O)NCc2ccc(Cl)c(Cl)c2)c1. The first kappa shape index (κ1) is 30.7. The molecule has 0 bridgehead atoms. The molecule has 1 saturated heterocycles. The highest BCUT2D eigenvalue weighted by atomic mass is 35.5. The lowest BCUT2D eigenvalue weighted by atomic mass is 10.1. The number of anilines is 1. The van der Waals surface area contributed by atoms with Crippen molar-refractivity contribution in [2.24, 2.45) is 0 Å². The number of thioether (sulfide) groups is 1. The average Bonchev–Trinajstić information content (AvgIpc) is 3.27. The van der Waals surface area contributed by atoms with E-state index in [2.05, 4.69) is 17.2 Å². The van der Waals surface area contributed by atoms with E-state index in [0.717, 1.165) is 23.0 Å². The molecule has 0 spiro atoms. The molecule has 0 saturated carbocycles. The van der Waals surface area contributed by atoms with Crippen LogP contribution >= 0.6 is 35.0 Å². The Morgan fingerprint density at radius 2 is 1.92 bits per heavy atom.